The average molecular weight is 337 g/mol. The van der Waals surface area contributed by atoms with Gasteiger partial charge in [0, 0.05) is 4.47 Å². The summed E-state index contributed by atoms with van der Waals surface area (Å²) in [6.07, 6.45) is 1.64. The van der Waals surface area contributed by atoms with E-state index in [0.717, 1.165) is 22.0 Å². The van der Waals surface area contributed by atoms with Crippen LogP contribution in [0.2, 0.25) is 0 Å². The molecule has 106 valence electrons. The summed E-state index contributed by atoms with van der Waals surface area (Å²) in [4.78, 5) is 0. The fourth-order valence-corrected chi connectivity index (χ4v) is 2.59. The van der Waals surface area contributed by atoms with Crippen LogP contribution in [0, 0.1) is 5.82 Å². The molecule has 20 heavy (non-hydrogen) atoms. The Balaban J connectivity index is 2.21. The van der Waals surface area contributed by atoms with E-state index in [4.69, 9.17) is 5.84 Å². The van der Waals surface area contributed by atoms with Gasteiger partial charge in [0.1, 0.15) is 5.82 Å². The molecule has 0 saturated carbocycles. The van der Waals surface area contributed by atoms with Crippen LogP contribution in [-0.2, 0) is 12.8 Å². The van der Waals surface area contributed by atoms with Gasteiger partial charge in [0.15, 0.2) is 0 Å². The summed E-state index contributed by atoms with van der Waals surface area (Å²) in [5.41, 5.74) is 6.09. The third kappa shape index (κ3) is 3.66. The summed E-state index contributed by atoms with van der Waals surface area (Å²) < 4.78 is 14.2. The van der Waals surface area contributed by atoms with Gasteiger partial charge in [0.2, 0.25) is 0 Å². The summed E-state index contributed by atoms with van der Waals surface area (Å²) in [7, 11) is 0. The number of hydrazine groups is 1. The molecule has 2 aromatic rings. The molecule has 1 atom stereocenters. The first-order chi connectivity index (χ1) is 9.63. The van der Waals surface area contributed by atoms with E-state index in [-0.39, 0.29) is 11.9 Å². The molecular weight excluding hydrogens is 319 g/mol. The normalized spacial score (nSPS) is 12.4. The van der Waals surface area contributed by atoms with Gasteiger partial charge < -0.3 is 0 Å². The molecule has 0 aliphatic rings. The van der Waals surface area contributed by atoms with Gasteiger partial charge in [-0.1, -0.05) is 47.1 Å². The van der Waals surface area contributed by atoms with Crippen LogP contribution in [0.3, 0.4) is 0 Å². The molecule has 0 spiro atoms. The number of halogens is 2. The van der Waals surface area contributed by atoms with Gasteiger partial charge in [-0.15, -0.1) is 0 Å². The van der Waals surface area contributed by atoms with Crippen molar-refractivity contribution in [1.82, 2.24) is 5.43 Å². The number of aryl methyl sites for hydroxylation is 1. The molecule has 2 nitrogen and oxygen atoms in total. The molecule has 0 saturated heterocycles. The Bertz CT molecular complexity index is 569. The van der Waals surface area contributed by atoms with E-state index < -0.39 is 0 Å². The first kappa shape index (κ1) is 15.2. The topological polar surface area (TPSA) is 38.0 Å². The van der Waals surface area contributed by atoms with E-state index in [1.54, 1.807) is 6.07 Å². The summed E-state index contributed by atoms with van der Waals surface area (Å²) in [5, 5.41) is 0. The van der Waals surface area contributed by atoms with Crippen LogP contribution >= 0.6 is 15.9 Å². The van der Waals surface area contributed by atoms with E-state index in [1.807, 2.05) is 0 Å². The Kier molecular flexibility index (Phi) is 5.29. The molecule has 0 radical (unpaired) electrons. The molecule has 4 heteroatoms. The third-order valence-corrected chi connectivity index (χ3v) is 4.20. The molecular formula is C16H18BrFN2. The maximum atomic E-state index is 13.3. The molecule has 1 unspecified atom stereocenters. The number of nitrogens with two attached hydrogens (primary N) is 1. The number of nitrogens with one attached hydrogen (secondary N) is 1. The van der Waals surface area contributed by atoms with E-state index in [0.29, 0.717) is 6.42 Å². The molecule has 3 N–H and O–H groups in total. The molecule has 0 aliphatic carbocycles. The quantitative estimate of drug-likeness (QED) is 0.642. The van der Waals surface area contributed by atoms with Crippen molar-refractivity contribution in [3.63, 3.8) is 0 Å². The van der Waals surface area contributed by atoms with E-state index in [2.05, 4.69) is 52.5 Å². The van der Waals surface area contributed by atoms with Crippen molar-refractivity contribution in [2.45, 2.75) is 25.8 Å². The minimum absolute atomic E-state index is 0.0426. The molecule has 0 aliphatic heterocycles. The zero-order valence-electron chi connectivity index (χ0n) is 11.4. The lowest BCUT2D eigenvalue weighted by molar-refractivity contribution is 0.547. The van der Waals surface area contributed by atoms with Crippen LogP contribution in [-0.4, -0.2) is 0 Å². The second-order valence-corrected chi connectivity index (χ2v) is 5.61. The summed E-state index contributed by atoms with van der Waals surface area (Å²) in [5.74, 6) is 5.42. The highest BCUT2D eigenvalue weighted by Crippen LogP contribution is 2.24. The smallest absolute Gasteiger partial charge is 0.123 e. The Morgan fingerprint density at radius 3 is 2.50 bits per heavy atom. The molecule has 0 bridgehead atoms. The molecule has 0 aromatic heterocycles. The largest absolute Gasteiger partial charge is 0.271 e. The fraction of sp³-hybridized carbons (Fsp3) is 0.250. The first-order valence-corrected chi connectivity index (χ1v) is 7.42. The number of rotatable bonds is 5. The van der Waals surface area contributed by atoms with E-state index >= 15 is 0 Å². The minimum atomic E-state index is -0.236. The fourth-order valence-electron chi connectivity index (χ4n) is 2.18. The summed E-state index contributed by atoms with van der Waals surface area (Å²) >= 11 is 3.45. The minimum Gasteiger partial charge on any atom is -0.271 e. The third-order valence-electron chi connectivity index (χ3n) is 3.42. The molecule has 2 aromatic carbocycles. The lowest BCUT2D eigenvalue weighted by atomic mass is 9.98. The van der Waals surface area contributed by atoms with Gasteiger partial charge >= 0.3 is 0 Å². The van der Waals surface area contributed by atoms with E-state index in [9.17, 15) is 4.39 Å². The number of hydrogen-bond donors (Lipinski definition) is 2. The first-order valence-electron chi connectivity index (χ1n) is 6.63. The van der Waals surface area contributed by atoms with Crippen LogP contribution in [0.1, 0.15) is 29.7 Å². The number of hydrogen-bond acceptors (Lipinski definition) is 2. The predicted octanol–water partition coefficient (Wildman–Crippen LogP) is 3.90. The zero-order chi connectivity index (χ0) is 14.5. The SMILES string of the molecule is CCc1ccc(C(Cc2cc(F)ccc2Br)NN)cc1. The van der Waals surface area contributed by atoms with Gasteiger partial charge in [0.05, 0.1) is 6.04 Å². The lowest BCUT2D eigenvalue weighted by Crippen LogP contribution is -2.29. The van der Waals surface area contributed by atoms with Crippen LogP contribution in [0.25, 0.3) is 0 Å². The van der Waals surface area contributed by atoms with Crippen molar-refractivity contribution in [2.75, 3.05) is 0 Å². The molecule has 0 amide bonds. The highest BCUT2D eigenvalue weighted by Gasteiger charge is 2.13. The van der Waals surface area contributed by atoms with Gasteiger partial charge in [-0.3, -0.25) is 11.3 Å². The van der Waals surface area contributed by atoms with Gasteiger partial charge in [-0.25, -0.2) is 4.39 Å². The van der Waals surface area contributed by atoms with Crippen molar-refractivity contribution >= 4 is 15.9 Å². The van der Waals surface area contributed by atoms with Crippen molar-refractivity contribution in [3.05, 3.63) is 69.4 Å². The lowest BCUT2D eigenvalue weighted by Gasteiger charge is -2.17. The predicted molar refractivity (Wildman–Crippen MR) is 83.7 cm³/mol. The van der Waals surface area contributed by atoms with Gasteiger partial charge in [-0.2, -0.15) is 0 Å². The monoisotopic (exact) mass is 336 g/mol. The molecule has 0 fully saturated rings. The Hall–Kier alpha value is -1.23. The Morgan fingerprint density at radius 2 is 1.90 bits per heavy atom. The maximum Gasteiger partial charge on any atom is 0.123 e. The van der Waals surface area contributed by atoms with Crippen molar-refractivity contribution < 1.29 is 4.39 Å². The summed E-state index contributed by atoms with van der Waals surface area (Å²) in [6, 6.07) is 13.0. The second kappa shape index (κ2) is 6.97. The van der Waals surface area contributed by atoms with Crippen LogP contribution in [0.15, 0.2) is 46.9 Å². The van der Waals surface area contributed by atoms with E-state index in [1.165, 1.54) is 17.7 Å². The molecule has 2 rings (SSSR count). The second-order valence-electron chi connectivity index (χ2n) is 4.75. The van der Waals surface area contributed by atoms with Gasteiger partial charge in [0.25, 0.3) is 0 Å². The van der Waals surface area contributed by atoms with Crippen LogP contribution < -0.4 is 11.3 Å². The zero-order valence-corrected chi connectivity index (χ0v) is 13.0. The highest BCUT2D eigenvalue weighted by molar-refractivity contribution is 9.10. The molecule has 0 heterocycles. The van der Waals surface area contributed by atoms with Crippen molar-refractivity contribution in [2.24, 2.45) is 5.84 Å². The van der Waals surface area contributed by atoms with Crippen LogP contribution in [0.4, 0.5) is 4.39 Å². The van der Waals surface area contributed by atoms with Gasteiger partial charge in [-0.05, 0) is 47.7 Å². The van der Waals surface area contributed by atoms with Crippen molar-refractivity contribution in [1.29, 1.82) is 0 Å². The Labute approximate surface area is 127 Å². The highest BCUT2D eigenvalue weighted by atomic mass is 79.9. The van der Waals surface area contributed by atoms with Crippen LogP contribution in [0.5, 0.6) is 0 Å². The summed E-state index contributed by atoms with van der Waals surface area (Å²) in [6.45, 7) is 2.12. The van der Waals surface area contributed by atoms with Crippen molar-refractivity contribution in [3.8, 4) is 0 Å². The maximum absolute atomic E-state index is 13.3. The average Bonchev–Trinajstić information content (AvgIpc) is 2.48. The standard InChI is InChI=1S/C16H18BrFN2/c1-2-11-3-5-12(6-4-11)16(20-19)10-13-9-14(18)7-8-15(13)17/h3-9,16,20H,2,10,19H2,1H3. The Morgan fingerprint density at radius 1 is 1.20 bits per heavy atom. The number of benzene rings is 2.